The van der Waals surface area contributed by atoms with E-state index >= 15 is 0 Å². The normalized spacial score (nSPS) is 18.7. The Bertz CT molecular complexity index is 640. The number of nitrogens with zero attached hydrogens (tertiary/aromatic N) is 1. The highest BCUT2D eigenvalue weighted by atomic mass is 35.5. The molecule has 0 saturated heterocycles. The third-order valence-corrected chi connectivity index (χ3v) is 4.24. The van der Waals surface area contributed by atoms with Crippen LogP contribution >= 0.6 is 11.6 Å². The van der Waals surface area contributed by atoms with Crippen LogP contribution in [-0.2, 0) is 12.8 Å². The van der Waals surface area contributed by atoms with E-state index in [0.717, 1.165) is 36.1 Å². The van der Waals surface area contributed by atoms with Gasteiger partial charge in [-0.25, -0.2) is 4.99 Å². The van der Waals surface area contributed by atoms with Gasteiger partial charge in [0.1, 0.15) is 0 Å². The third kappa shape index (κ3) is 2.14. The topological polar surface area (TPSA) is 12.4 Å². The fourth-order valence-electron chi connectivity index (χ4n) is 2.80. The molecular formula is C16H15ClFN. The van der Waals surface area contributed by atoms with Gasteiger partial charge < -0.3 is 0 Å². The molecule has 19 heavy (non-hydrogen) atoms. The summed E-state index contributed by atoms with van der Waals surface area (Å²) >= 11 is 6.49. The van der Waals surface area contributed by atoms with E-state index in [2.05, 4.69) is 17.6 Å². The molecule has 0 N–H and O–H groups in total. The van der Waals surface area contributed by atoms with Crippen molar-refractivity contribution in [3.8, 4) is 0 Å². The summed E-state index contributed by atoms with van der Waals surface area (Å²) in [5.74, 6) is -0.389. The SMILES string of the molecule is C=C1CCc2c(ccc(C3=C(F)N=C(C)C3)c2Cl)C1. The van der Waals surface area contributed by atoms with Crippen molar-refractivity contribution in [1.29, 1.82) is 0 Å². The van der Waals surface area contributed by atoms with Crippen molar-refractivity contribution in [3.05, 3.63) is 51.9 Å². The molecular weight excluding hydrogens is 261 g/mol. The summed E-state index contributed by atoms with van der Waals surface area (Å²) in [4.78, 5) is 3.87. The molecule has 1 heterocycles. The minimum absolute atomic E-state index is 0.389. The van der Waals surface area contributed by atoms with Gasteiger partial charge in [0, 0.05) is 23.3 Å². The molecule has 1 nitrogen and oxygen atoms in total. The summed E-state index contributed by atoms with van der Waals surface area (Å²) in [5, 5.41) is 0.694. The van der Waals surface area contributed by atoms with E-state index in [0.29, 0.717) is 17.0 Å². The van der Waals surface area contributed by atoms with E-state index in [1.807, 2.05) is 13.0 Å². The first-order valence-corrected chi connectivity index (χ1v) is 6.84. The number of aliphatic imine (C=N–C) groups is 1. The van der Waals surface area contributed by atoms with Crippen LogP contribution in [0.25, 0.3) is 5.57 Å². The fraction of sp³-hybridized carbons (Fsp3) is 0.312. The van der Waals surface area contributed by atoms with Gasteiger partial charge in [-0.05, 0) is 37.3 Å². The minimum Gasteiger partial charge on any atom is -0.229 e. The molecule has 2 aliphatic rings. The Hall–Kier alpha value is -1.41. The largest absolute Gasteiger partial charge is 0.229 e. The Morgan fingerprint density at radius 3 is 2.74 bits per heavy atom. The molecule has 1 aliphatic heterocycles. The molecule has 3 heteroatoms. The van der Waals surface area contributed by atoms with E-state index in [1.165, 1.54) is 11.1 Å². The lowest BCUT2D eigenvalue weighted by molar-refractivity contribution is 0.635. The standard InChI is InChI=1S/C16H15ClFN/c1-9-3-5-12-11(7-9)4-6-13(15(12)17)14-8-10(2)19-16(14)18/h4,6H,1,3,5,7-8H2,2H3. The van der Waals surface area contributed by atoms with E-state index in [4.69, 9.17) is 11.6 Å². The molecule has 0 amide bonds. The van der Waals surface area contributed by atoms with Crippen molar-refractivity contribution in [1.82, 2.24) is 0 Å². The maximum absolute atomic E-state index is 13.8. The molecule has 0 fully saturated rings. The van der Waals surface area contributed by atoms with Gasteiger partial charge in [-0.1, -0.05) is 35.9 Å². The van der Waals surface area contributed by atoms with Crippen molar-refractivity contribution in [3.63, 3.8) is 0 Å². The summed E-state index contributed by atoms with van der Waals surface area (Å²) < 4.78 is 13.8. The lowest BCUT2D eigenvalue weighted by atomic mass is 9.86. The van der Waals surface area contributed by atoms with Gasteiger partial charge in [0.2, 0.25) is 5.95 Å². The minimum atomic E-state index is -0.389. The lowest BCUT2D eigenvalue weighted by Crippen LogP contribution is -2.07. The molecule has 0 radical (unpaired) electrons. The second kappa shape index (κ2) is 4.61. The van der Waals surface area contributed by atoms with Crippen LogP contribution in [0, 0.1) is 0 Å². The zero-order valence-electron chi connectivity index (χ0n) is 10.9. The average Bonchev–Trinajstić information content (AvgIpc) is 2.68. The Morgan fingerprint density at radius 2 is 2.05 bits per heavy atom. The molecule has 0 aromatic heterocycles. The third-order valence-electron chi connectivity index (χ3n) is 3.80. The molecule has 0 unspecified atom stereocenters. The first-order chi connectivity index (χ1) is 9.06. The molecule has 0 saturated carbocycles. The van der Waals surface area contributed by atoms with Crippen molar-refractivity contribution in [2.24, 2.45) is 4.99 Å². The Morgan fingerprint density at radius 1 is 1.26 bits per heavy atom. The molecule has 0 atom stereocenters. The fourth-order valence-corrected chi connectivity index (χ4v) is 3.19. The van der Waals surface area contributed by atoms with Crippen LogP contribution in [0.2, 0.25) is 5.02 Å². The Balaban J connectivity index is 2.06. The Kier molecular flexibility index (Phi) is 3.06. The van der Waals surface area contributed by atoms with Gasteiger partial charge in [0.15, 0.2) is 0 Å². The van der Waals surface area contributed by atoms with E-state index in [-0.39, 0.29) is 5.95 Å². The van der Waals surface area contributed by atoms with Crippen LogP contribution in [0.5, 0.6) is 0 Å². The number of allylic oxidation sites excluding steroid dienone is 2. The van der Waals surface area contributed by atoms with E-state index in [9.17, 15) is 4.39 Å². The average molecular weight is 276 g/mol. The lowest BCUT2D eigenvalue weighted by Gasteiger charge is -2.21. The summed E-state index contributed by atoms with van der Waals surface area (Å²) in [5.41, 5.74) is 5.83. The van der Waals surface area contributed by atoms with Gasteiger partial charge >= 0.3 is 0 Å². The molecule has 3 rings (SSSR count). The highest BCUT2D eigenvalue weighted by molar-refractivity contribution is 6.33. The molecule has 0 bridgehead atoms. The number of hydrogen-bond acceptors (Lipinski definition) is 1. The predicted molar refractivity (Wildman–Crippen MR) is 78.4 cm³/mol. The van der Waals surface area contributed by atoms with Crippen molar-refractivity contribution in [2.45, 2.75) is 32.6 Å². The maximum Gasteiger partial charge on any atom is 0.217 e. The van der Waals surface area contributed by atoms with Crippen molar-refractivity contribution in [2.75, 3.05) is 0 Å². The van der Waals surface area contributed by atoms with Crippen LogP contribution in [-0.4, -0.2) is 5.71 Å². The molecule has 1 aromatic rings. The number of rotatable bonds is 1. The number of halogens is 2. The van der Waals surface area contributed by atoms with Gasteiger partial charge in [-0.3, -0.25) is 0 Å². The number of fused-ring (bicyclic) bond motifs is 1. The van der Waals surface area contributed by atoms with E-state index < -0.39 is 0 Å². The van der Waals surface area contributed by atoms with Crippen LogP contribution < -0.4 is 0 Å². The van der Waals surface area contributed by atoms with Gasteiger partial charge in [-0.15, -0.1) is 0 Å². The van der Waals surface area contributed by atoms with Crippen molar-refractivity contribution >= 4 is 22.9 Å². The summed E-state index contributed by atoms with van der Waals surface area (Å²) in [6.07, 6.45) is 3.30. The first kappa shape index (κ1) is 12.6. The quantitative estimate of drug-likeness (QED) is 0.511. The molecule has 1 aromatic carbocycles. The summed E-state index contributed by atoms with van der Waals surface area (Å²) in [6, 6.07) is 3.97. The number of hydrogen-bond donors (Lipinski definition) is 0. The molecule has 98 valence electrons. The second-order valence-electron chi connectivity index (χ2n) is 5.28. The van der Waals surface area contributed by atoms with Crippen LogP contribution in [0.3, 0.4) is 0 Å². The van der Waals surface area contributed by atoms with Gasteiger partial charge in [-0.2, -0.15) is 4.39 Å². The smallest absolute Gasteiger partial charge is 0.217 e. The first-order valence-electron chi connectivity index (χ1n) is 6.46. The predicted octanol–water partition coefficient (Wildman–Crippen LogP) is 4.89. The highest BCUT2D eigenvalue weighted by Crippen LogP contribution is 2.39. The monoisotopic (exact) mass is 275 g/mol. The zero-order chi connectivity index (χ0) is 13.6. The summed E-state index contributed by atoms with van der Waals surface area (Å²) in [7, 11) is 0. The van der Waals surface area contributed by atoms with E-state index in [1.54, 1.807) is 0 Å². The molecule has 1 aliphatic carbocycles. The second-order valence-corrected chi connectivity index (χ2v) is 5.66. The highest BCUT2D eigenvalue weighted by Gasteiger charge is 2.23. The van der Waals surface area contributed by atoms with Crippen LogP contribution in [0.4, 0.5) is 4.39 Å². The maximum atomic E-state index is 13.8. The van der Waals surface area contributed by atoms with Crippen LogP contribution in [0.1, 0.15) is 36.5 Å². The zero-order valence-corrected chi connectivity index (χ0v) is 11.6. The van der Waals surface area contributed by atoms with Gasteiger partial charge in [0.05, 0.1) is 5.02 Å². The van der Waals surface area contributed by atoms with Crippen molar-refractivity contribution < 1.29 is 4.39 Å². The number of benzene rings is 1. The Labute approximate surface area is 117 Å². The molecule has 0 spiro atoms. The summed E-state index contributed by atoms with van der Waals surface area (Å²) in [6.45, 7) is 5.87. The van der Waals surface area contributed by atoms with Crippen LogP contribution in [0.15, 0.2) is 35.2 Å². The van der Waals surface area contributed by atoms with Gasteiger partial charge in [0.25, 0.3) is 0 Å².